The van der Waals surface area contributed by atoms with Crippen LogP contribution in [0, 0.1) is 24.7 Å². The Kier molecular flexibility index (Phi) is 4.72. The van der Waals surface area contributed by atoms with Gasteiger partial charge in [0, 0.05) is 53.5 Å². The number of likely N-dealkylation sites (tertiary alicyclic amines) is 1. The minimum absolute atomic E-state index is 0.162. The van der Waals surface area contributed by atoms with Gasteiger partial charge in [0.05, 0.1) is 0 Å². The van der Waals surface area contributed by atoms with Crippen LogP contribution in [0.25, 0.3) is 21.7 Å². The van der Waals surface area contributed by atoms with Crippen LogP contribution in [-0.4, -0.2) is 47.0 Å². The molecule has 2 aliphatic rings. The van der Waals surface area contributed by atoms with Crippen LogP contribution in [0.15, 0.2) is 61.1 Å². The number of fused-ring (bicyclic) bond motifs is 3. The Balaban J connectivity index is 1.01. The second kappa shape index (κ2) is 7.75. The molecule has 1 aliphatic carbocycles. The van der Waals surface area contributed by atoms with Crippen LogP contribution in [-0.2, 0) is 6.42 Å². The summed E-state index contributed by atoms with van der Waals surface area (Å²) in [6, 6.07) is 14.5. The summed E-state index contributed by atoms with van der Waals surface area (Å²) in [6.07, 6.45) is 6.77. The summed E-state index contributed by atoms with van der Waals surface area (Å²) in [6.45, 7) is 5.95. The van der Waals surface area contributed by atoms with Crippen molar-refractivity contribution in [2.45, 2.75) is 13.3 Å². The molecule has 6 rings (SSSR count). The van der Waals surface area contributed by atoms with Crippen molar-refractivity contribution in [3.05, 3.63) is 77.7 Å². The third-order valence-electron chi connectivity index (χ3n) is 7.44. The van der Waals surface area contributed by atoms with Gasteiger partial charge in [-0.05, 0) is 78.9 Å². The summed E-state index contributed by atoms with van der Waals surface area (Å²) >= 11 is 0. The summed E-state index contributed by atoms with van der Waals surface area (Å²) in [5.74, 6) is 2.18. The molecule has 2 aromatic carbocycles. The zero-order chi connectivity index (χ0) is 21.7. The Morgan fingerprint density at radius 1 is 1.16 bits per heavy atom. The predicted molar refractivity (Wildman–Crippen MR) is 128 cm³/mol. The largest absolute Gasteiger partial charge is 0.361 e. The van der Waals surface area contributed by atoms with E-state index in [9.17, 15) is 4.79 Å². The zero-order valence-corrected chi connectivity index (χ0v) is 18.3. The number of aryl methyl sites for hydroxylation is 1. The Morgan fingerprint density at radius 2 is 2.03 bits per heavy atom. The first-order chi connectivity index (χ1) is 15.7. The van der Waals surface area contributed by atoms with Gasteiger partial charge in [-0.25, -0.2) is 0 Å². The Morgan fingerprint density at radius 3 is 2.91 bits per heavy atom. The van der Waals surface area contributed by atoms with E-state index < -0.39 is 0 Å². The first-order valence-electron chi connectivity index (χ1n) is 11.6. The molecular weight excluding hydrogens is 396 g/mol. The van der Waals surface area contributed by atoms with E-state index in [4.69, 9.17) is 0 Å². The SMILES string of the molecule is Cc1ccc2c(CCNCC3[C@H]4CN(C(=O)c5cccc6cnccc56)C[C@@H]34)c[nH]c2c1. The molecule has 0 spiro atoms. The molecule has 2 aromatic heterocycles. The lowest BCUT2D eigenvalue weighted by molar-refractivity contribution is 0.0770. The third kappa shape index (κ3) is 3.37. The van der Waals surface area contributed by atoms with Gasteiger partial charge in [-0.3, -0.25) is 9.78 Å². The molecule has 1 unspecified atom stereocenters. The smallest absolute Gasteiger partial charge is 0.254 e. The Bertz CT molecular complexity index is 1290. The van der Waals surface area contributed by atoms with Gasteiger partial charge in [-0.15, -0.1) is 0 Å². The van der Waals surface area contributed by atoms with Crippen LogP contribution in [0.1, 0.15) is 21.5 Å². The average molecular weight is 425 g/mol. The zero-order valence-electron chi connectivity index (χ0n) is 18.3. The highest BCUT2D eigenvalue weighted by atomic mass is 16.2. The van der Waals surface area contributed by atoms with Gasteiger partial charge >= 0.3 is 0 Å². The third-order valence-corrected chi connectivity index (χ3v) is 7.44. The summed E-state index contributed by atoms with van der Waals surface area (Å²) in [4.78, 5) is 22.8. The fourth-order valence-electron chi connectivity index (χ4n) is 5.60. The van der Waals surface area contributed by atoms with Gasteiger partial charge in [0.1, 0.15) is 0 Å². The Hall–Kier alpha value is -3.18. The molecule has 0 radical (unpaired) electrons. The molecule has 3 atom stereocenters. The quantitative estimate of drug-likeness (QED) is 0.457. The molecule has 1 amide bonds. The van der Waals surface area contributed by atoms with E-state index in [0.717, 1.165) is 48.9 Å². The lowest BCUT2D eigenvalue weighted by Gasteiger charge is -2.21. The second-order valence-corrected chi connectivity index (χ2v) is 9.42. The summed E-state index contributed by atoms with van der Waals surface area (Å²) in [7, 11) is 0. The first kappa shape index (κ1) is 19.5. The van der Waals surface area contributed by atoms with Crippen molar-refractivity contribution < 1.29 is 4.79 Å². The lowest BCUT2D eigenvalue weighted by atomic mass is 10.1. The number of nitrogens with zero attached hydrogens (tertiary/aromatic N) is 2. The molecule has 2 N–H and O–H groups in total. The number of hydrogen-bond acceptors (Lipinski definition) is 3. The second-order valence-electron chi connectivity index (χ2n) is 9.42. The molecule has 1 saturated heterocycles. The molecule has 32 heavy (non-hydrogen) atoms. The molecule has 4 aromatic rings. The van der Waals surface area contributed by atoms with Crippen molar-refractivity contribution in [1.82, 2.24) is 20.2 Å². The van der Waals surface area contributed by atoms with Crippen molar-refractivity contribution in [1.29, 1.82) is 0 Å². The van der Waals surface area contributed by atoms with E-state index in [1.54, 1.807) is 6.20 Å². The number of pyridine rings is 1. The number of hydrogen-bond donors (Lipinski definition) is 2. The number of benzene rings is 2. The number of piperidine rings is 1. The van der Waals surface area contributed by atoms with Crippen LogP contribution in [0.3, 0.4) is 0 Å². The number of amides is 1. The van der Waals surface area contributed by atoms with Gasteiger partial charge < -0.3 is 15.2 Å². The van der Waals surface area contributed by atoms with E-state index >= 15 is 0 Å². The van der Waals surface area contributed by atoms with Crippen molar-refractivity contribution in [2.24, 2.45) is 17.8 Å². The highest BCUT2D eigenvalue weighted by molar-refractivity contribution is 6.07. The van der Waals surface area contributed by atoms with Gasteiger partial charge in [-0.1, -0.05) is 24.3 Å². The first-order valence-corrected chi connectivity index (χ1v) is 11.6. The average Bonchev–Trinajstić information content (AvgIpc) is 3.14. The molecule has 5 nitrogen and oxygen atoms in total. The number of aromatic nitrogens is 2. The molecule has 3 heterocycles. The van der Waals surface area contributed by atoms with Crippen molar-refractivity contribution >= 4 is 27.6 Å². The summed E-state index contributed by atoms with van der Waals surface area (Å²) in [5, 5.41) is 7.02. The number of rotatable bonds is 6. The van der Waals surface area contributed by atoms with Crippen LogP contribution in [0.2, 0.25) is 0 Å². The van der Waals surface area contributed by atoms with E-state index in [2.05, 4.69) is 51.5 Å². The van der Waals surface area contributed by atoms with Gasteiger partial charge in [-0.2, -0.15) is 0 Å². The number of carbonyl (C=O) groups excluding carboxylic acids is 1. The molecule has 2 fully saturated rings. The number of H-pyrrole nitrogens is 1. The molecule has 162 valence electrons. The Labute approximate surface area is 187 Å². The van der Waals surface area contributed by atoms with Crippen LogP contribution in [0.5, 0.6) is 0 Å². The van der Waals surface area contributed by atoms with Crippen LogP contribution in [0.4, 0.5) is 0 Å². The molecule has 1 saturated carbocycles. The number of nitrogens with one attached hydrogen (secondary N) is 2. The van der Waals surface area contributed by atoms with E-state index in [0.29, 0.717) is 17.8 Å². The van der Waals surface area contributed by atoms with Gasteiger partial charge in [0.2, 0.25) is 0 Å². The minimum Gasteiger partial charge on any atom is -0.361 e. The van der Waals surface area contributed by atoms with E-state index in [1.165, 1.54) is 22.0 Å². The van der Waals surface area contributed by atoms with Crippen molar-refractivity contribution in [3.63, 3.8) is 0 Å². The monoisotopic (exact) mass is 424 g/mol. The van der Waals surface area contributed by atoms with E-state index in [-0.39, 0.29) is 5.91 Å². The number of carbonyl (C=O) groups is 1. The molecule has 1 aliphatic heterocycles. The molecular formula is C27H28N4O. The topological polar surface area (TPSA) is 61.0 Å². The van der Waals surface area contributed by atoms with Crippen LogP contribution >= 0.6 is 0 Å². The fraction of sp³-hybridized carbons (Fsp3) is 0.333. The normalized spacial score (nSPS) is 21.9. The fourth-order valence-corrected chi connectivity index (χ4v) is 5.60. The maximum Gasteiger partial charge on any atom is 0.254 e. The molecule has 5 heteroatoms. The highest BCUT2D eigenvalue weighted by Crippen LogP contribution is 2.51. The van der Waals surface area contributed by atoms with Gasteiger partial charge in [0.25, 0.3) is 5.91 Å². The van der Waals surface area contributed by atoms with Crippen LogP contribution < -0.4 is 5.32 Å². The maximum absolute atomic E-state index is 13.1. The predicted octanol–water partition coefficient (Wildman–Crippen LogP) is 4.17. The lowest BCUT2D eigenvalue weighted by Crippen LogP contribution is -2.33. The summed E-state index contributed by atoms with van der Waals surface area (Å²) in [5.41, 5.74) is 4.69. The van der Waals surface area contributed by atoms with Crippen molar-refractivity contribution in [3.8, 4) is 0 Å². The minimum atomic E-state index is 0.162. The standard InChI is InChI=1S/C27H28N4O/c1-17-5-6-21-19(13-30-26(21)11-17)7-9-29-14-23-24-15-31(16-25(23)24)27(32)22-4-2-3-18-12-28-10-8-20(18)22/h2-6,8,10-13,23-25,29-30H,7,9,14-16H2,1H3/t23?,24-,25+. The number of aromatic amines is 1. The van der Waals surface area contributed by atoms with E-state index in [1.807, 2.05) is 30.5 Å². The highest BCUT2D eigenvalue weighted by Gasteiger charge is 2.56. The van der Waals surface area contributed by atoms with Crippen molar-refractivity contribution in [2.75, 3.05) is 26.2 Å². The maximum atomic E-state index is 13.1. The molecule has 0 bridgehead atoms. The summed E-state index contributed by atoms with van der Waals surface area (Å²) < 4.78 is 0. The van der Waals surface area contributed by atoms with Gasteiger partial charge in [0.15, 0.2) is 0 Å².